The Balaban J connectivity index is 2.05. The molecule has 0 spiro atoms. The first-order chi connectivity index (χ1) is 14.4. The molecule has 2 aromatic rings. The smallest absolute Gasteiger partial charge is 0.307 e. The lowest BCUT2D eigenvalue weighted by molar-refractivity contribution is -0.141. The van der Waals surface area contributed by atoms with Gasteiger partial charge in [-0.1, -0.05) is 35.3 Å². The first-order valence-corrected chi connectivity index (χ1v) is 9.80. The molecule has 0 radical (unpaired) electrons. The standard InChI is InChI=1S/C21H23Cl2NO6/c1-27-16-8-7-13(11-18(16)28-2)15(12-20(26)29-3)24-19(25)9-10-30-17-6-4-5-14(22)21(17)23/h4-8,11,15H,9-10,12H2,1-3H3,(H,24,25). The SMILES string of the molecule is COC(=O)CC(NC(=O)CCOc1cccc(Cl)c1Cl)c1ccc(OC)c(OC)c1. The zero-order chi connectivity index (χ0) is 22.1. The minimum atomic E-state index is -0.612. The highest BCUT2D eigenvalue weighted by Gasteiger charge is 2.21. The van der Waals surface area contributed by atoms with Gasteiger partial charge in [-0.15, -0.1) is 0 Å². The second kappa shape index (κ2) is 11.5. The van der Waals surface area contributed by atoms with E-state index in [1.54, 1.807) is 36.4 Å². The van der Waals surface area contributed by atoms with Crippen LogP contribution in [-0.4, -0.2) is 39.8 Å². The van der Waals surface area contributed by atoms with Crippen LogP contribution in [0.15, 0.2) is 36.4 Å². The van der Waals surface area contributed by atoms with Crippen LogP contribution in [0, 0.1) is 0 Å². The van der Waals surface area contributed by atoms with E-state index in [1.165, 1.54) is 21.3 Å². The molecular formula is C21H23Cl2NO6. The zero-order valence-corrected chi connectivity index (χ0v) is 18.4. The predicted molar refractivity (Wildman–Crippen MR) is 114 cm³/mol. The van der Waals surface area contributed by atoms with Crippen LogP contribution in [-0.2, 0) is 14.3 Å². The summed E-state index contributed by atoms with van der Waals surface area (Å²) < 4.78 is 20.8. The molecule has 0 saturated heterocycles. The van der Waals surface area contributed by atoms with Gasteiger partial charge in [0.25, 0.3) is 0 Å². The van der Waals surface area contributed by atoms with Gasteiger partial charge >= 0.3 is 5.97 Å². The van der Waals surface area contributed by atoms with Crippen molar-refractivity contribution in [3.63, 3.8) is 0 Å². The molecule has 1 amide bonds. The topological polar surface area (TPSA) is 83.1 Å². The Hall–Kier alpha value is -2.64. The summed E-state index contributed by atoms with van der Waals surface area (Å²) in [4.78, 5) is 24.3. The zero-order valence-electron chi connectivity index (χ0n) is 16.9. The number of benzene rings is 2. The van der Waals surface area contributed by atoms with Crippen LogP contribution in [0.2, 0.25) is 10.0 Å². The lowest BCUT2D eigenvalue weighted by atomic mass is 10.0. The van der Waals surface area contributed by atoms with E-state index in [0.717, 1.165) is 0 Å². The molecule has 0 saturated carbocycles. The molecule has 2 aromatic carbocycles. The maximum Gasteiger partial charge on any atom is 0.307 e. The Morgan fingerprint density at radius 2 is 1.73 bits per heavy atom. The average molecular weight is 456 g/mol. The number of hydrogen-bond donors (Lipinski definition) is 1. The van der Waals surface area contributed by atoms with Crippen molar-refractivity contribution >= 4 is 35.1 Å². The summed E-state index contributed by atoms with van der Waals surface area (Å²) in [6.07, 6.45) is 0.00645. The largest absolute Gasteiger partial charge is 0.493 e. The van der Waals surface area contributed by atoms with Crippen LogP contribution >= 0.6 is 23.2 Å². The summed E-state index contributed by atoms with van der Waals surface area (Å²) in [5.74, 6) is 0.645. The van der Waals surface area contributed by atoms with Crippen molar-refractivity contribution in [2.24, 2.45) is 0 Å². The number of nitrogens with one attached hydrogen (secondary N) is 1. The molecule has 0 aliphatic carbocycles. The quantitative estimate of drug-likeness (QED) is 0.540. The van der Waals surface area contributed by atoms with Crippen molar-refractivity contribution in [3.8, 4) is 17.2 Å². The highest BCUT2D eigenvalue weighted by Crippen LogP contribution is 2.32. The molecule has 1 atom stereocenters. The molecule has 162 valence electrons. The van der Waals surface area contributed by atoms with Gasteiger partial charge in [0.15, 0.2) is 11.5 Å². The summed E-state index contributed by atoms with van der Waals surface area (Å²) in [5.41, 5.74) is 0.671. The maximum atomic E-state index is 12.5. The highest BCUT2D eigenvalue weighted by molar-refractivity contribution is 6.42. The van der Waals surface area contributed by atoms with Crippen LogP contribution in [0.25, 0.3) is 0 Å². The van der Waals surface area contributed by atoms with E-state index in [9.17, 15) is 9.59 Å². The van der Waals surface area contributed by atoms with Crippen LogP contribution in [0.3, 0.4) is 0 Å². The summed E-state index contributed by atoms with van der Waals surface area (Å²) in [6.45, 7) is 0.0861. The highest BCUT2D eigenvalue weighted by atomic mass is 35.5. The number of ether oxygens (including phenoxy) is 4. The van der Waals surface area contributed by atoms with Crippen molar-refractivity contribution in [1.82, 2.24) is 5.32 Å². The molecule has 9 heteroatoms. The fourth-order valence-corrected chi connectivity index (χ4v) is 3.03. The Labute approximate surface area is 185 Å². The number of methoxy groups -OCH3 is 3. The third-order valence-corrected chi connectivity index (χ3v) is 5.05. The van der Waals surface area contributed by atoms with Crippen LogP contribution in [0.5, 0.6) is 17.2 Å². The molecule has 0 aliphatic rings. The normalized spacial score (nSPS) is 11.4. The number of hydrogen-bond acceptors (Lipinski definition) is 6. The Morgan fingerprint density at radius 1 is 1.00 bits per heavy atom. The number of halogens is 2. The van der Waals surface area contributed by atoms with Gasteiger partial charge in [0.1, 0.15) is 10.8 Å². The summed E-state index contributed by atoms with van der Waals surface area (Å²) in [5, 5.41) is 3.48. The molecule has 7 nitrogen and oxygen atoms in total. The molecule has 1 N–H and O–H groups in total. The first-order valence-electron chi connectivity index (χ1n) is 9.04. The fourth-order valence-electron chi connectivity index (χ4n) is 2.69. The first kappa shape index (κ1) is 23.6. The van der Waals surface area contributed by atoms with E-state index >= 15 is 0 Å². The van der Waals surface area contributed by atoms with E-state index < -0.39 is 12.0 Å². The van der Waals surface area contributed by atoms with Crippen LogP contribution in [0.1, 0.15) is 24.4 Å². The number of carbonyl (C=O) groups excluding carboxylic acids is 2. The van der Waals surface area contributed by atoms with Gasteiger partial charge in [-0.2, -0.15) is 0 Å². The molecule has 30 heavy (non-hydrogen) atoms. The third-order valence-electron chi connectivity index (χ3n) is 4.25. The number of esters is 1. The van der Waals surface area contributed by atoms with E-state index in [0.29, 0.717) is 27.8 Å². The van der Waals surface area contributed by atoms with E-state index in [-0.39, 0.29) is 30.4 Å². The molecule has 0 fully saturated rings. The lowest BCUT2D eigenvalue weighted by Crippen LogP contribution is -2.31. The van der Waals surface area contributed by atoms with E-state index in [4.69, 9.17) is 42.1 Å². The maximum absolute atomic E-state index is 12.5. The number of amides is 1. The van der Waals surface area contributed by atoms with Crippen molar-refractivity contribution in [2.75, 3.05) is 27.9 Å². The van der Waals surface area contributed by atoms with Crippen molar-refractivity contribution < 1.29 is 28.5 Å². The molecule has 2 rings (SSSR count). The second-order valence-corrected chi connectivity index (χ2v) is 6.95. The fraction of sp³-hybridized carbons (Fsp3) is 0.333. The van der Waals surface area contributed by atoms with E-state index in [2.05, 4.69) is 5.32 Å². The van der Waals surface area contributed by atoms with Gasteiger partial charge in [-0.25, -0.2) is 0 Å². The molecule has 0 aliphatic heterocycles. The van der Waals surface area contributed by atoms with Gasteiger partial charge in [-0.3, -0.25) is 9.59 Å². The minimum Gasteiger partial charge on any atom is -0.493 e. The van der Waals surface area contributed by atoms with Gasteiger partial charge in [0.2, 0.25) is 5.91 Å². The molecule has 1 unspecified atom stereocenters. The molecule has 0 bridgehead atoms. The monoisotopic (exact) mass is 455 g/mol. The Morgan fingerprint density at radius 3 is 2.40 bits per heavy atom. The van der Waals surface area contributed by atoms with Crippen LogP contribution in [0.4, 0.5) is 0 Å². The van der Waals surface area contributed by atoms with Gasteiger partial charge in [-0.05, 0) is 29.8 Å². The van der Waals surface area contributed by atoms with Gasteiger partial charge in [0, 0.05) is 0 Å². The second-order valence-electron chi connectivity index (χ2n) is 6.17. The average Bonchev–Trinajstić information content (AvgIpc) is 2.75. The van der Waals surface area contributed by atoms with Crippen molar-refractivity contribution in [1.29, 1.82) is 0 Å². The Bertz CT molecular complexity index is 890. The third kappa shape index (κ3) is 6.43. The summed E-state index contributed by atoms with van der Waals surface area (Å²) in [7, 11) is 4.32. The van der Waals surface area contributed by atoms with E-state index in [1.807, 2.05) is 0 Å². The summed E-state index contributed by atoms with van der Waals surface area (Å²) >= 11 is 12.0. The molecule has 0 aromatic heterocycles. The number of carbonyl (C=O) groups is 2. The van der Waals surface area contributed by atoms with Gasteiger partial charge < -0.3 is 24.3 Å². The lowest BCUT2D eigenvalue weighted by Gasteiger charge is -2.20. The minimum absolute atomic E-state index is 0.0430. The Kier molecular flexibility index (Phi) is 9.08. The van der Waals surface area contributed by atoms with Crippen LogP contribution < -0.4 is 19.5 Å². The predicted octanol–water partition coefficient (Wildman–Crippen LogP) is 4.20. The molecule has 0 heterocycles. The molecular weight excluding hydrogens is 433 g/mol. The summed E-state index contributed by atoms with van der Waals surface area (Å²) in [6, 6.07) is 9.55. The number of rotatable bonds is 10. The van der Waals surface area contributed by atoms with Gasteiger partial charge in [0.05, 0.1) is 51.8 Å². The van der Waals surface area contributed by atoms with Crippen molar-refractivity contribution in [3.05, 3.63) is 52.0 Å². The van der Waals surface area contributed by atoms with Crippen molar-refractivity contribution in [2.45, 2.75) is 18.9 Å².